The molecule has 0 spiro atoms. The smallest absolute Gasteiger partial charge is 0.123 e. The molecule has 0 fully saturated rings. The fourth-order valence-corrected chi connectivity index (χ4v) is 9.78. The van der Waals surface area contributed by atoms with Crippen LogP contribution >= 0.6 is 0 Å². The molecule has 0 atom stereocenters. The Hall–Kier alpha value is -6.90. The van der Waals surface area contributed by atoms with E-state index in [2.05, 4.69) is 147 Å². The maximum atomic E-state index is 14.1. The Bertz CT molecular complexity index is 2930. The topological polar surface area (TPSA) is 0 Å². The number of hydrogen-bond acceptors (Lipinski definition) is 0. The van der Waals surface area contributed by atoms with E-state index in [1.807, 2.05) is 24.3 Å². The first-order chi connectivity index (χ1) is 27.9. The van der Waals surface area contributed by atoms with Gasteiger partial charge in [-0.2, -0.15) is 0 Å². The minimum atomic E-state index is -0.268. The molecule has 0 amide bonds. The summed E-state index contributed by atoms with van der Waals surface area (Å²) in [7, 11) is 0. The van der Waals surface area contributed by atoms with Crippen molar-refractivity contribution in [2.45, 2.75) is 19.3 Å². The molecule has 10 aromatic rings. The van der Waals surface area contributed by atoms with Gasteiger partial charge in [0.1, 0.15) is 11.6 Å². The third kappa shape index (κ3) is 5.03. The lowest BCUT2D eigenvalue weighted by Crippen LogP contribution is -2.15. The first-order valence-electron chi connectivity index (χ1n) is 19.6. The van der Waals surface area contributed by atoms with Crippen LogP contribution in [0.4, 0.5) is 8.78 Å². The van der Waals surface area contributed by atoms with Gasteiger partial charge in [0.15, 0.2) is 0 Å². The first-order valence-corrected chi connectivity index (χ1v) is 19.6. The predicted octanol–water partition coefficient (Wildman–Crippen LogP) is 15.6. The second kappa shape index (κ2) is 12.6. The highest BCUT2D eigenvalue weighted by atomic mass is 19.1. The summed E-state index contributed by atoms with van der Waals surface area (Å²) >= 11 is 0. The summed E-state index contributed by atoms with van der Waals surface area (Å²) in [5.74, 6) is -0.473. The van der Waals surface area contributed by atoms with E-state index in [1.165, 1.54) is 66.1 Å². The molecule has 11 rings (SSSR count). The molecule has 0 unspecified atom stereocenters. The third-order valence-corrected chi connectivity index (χ3v) is 12.4. The van der Waals surface area contributed by atoms with Crippen molar-refractivity contribution >= 4 is 43.1 Å². The fraction of sp³-hybridized carbons (Fsp3) is 0.0545. The quantitative estimate of drug-likeness (QED) is 0.158. The summed E-state index contributed by atoms with van der Waals surface area (Å²) < 4.78 is 28.2. The van der Waals surface area contributed by atoms with Gasteiger partial charge in [0.2, 0.25) is 0 Å². The van der Waals surface area contributed by atoms with Gasteiger partial charge in [-0.3, -0.25) is 0 Å². The van der Waals surface area contributed by atoms with E-state index in [-0.39, 0.29) is 17.0 Å². The molecule has 0 bridgehead atoms. The van der Waals surface area contributed by atoms with Crippen LogP contribution in [0.15, 0.2) is 182 Å². The van der Waals surface area contributed by atoms with Crippen LogP contribution in [0.25, 0.3) is 98.7 Å². The molecule has 0 aliphatic heterocycles. The number of benzene rings is 10. The number of fused-ring (bicyclic) bond motifs is 7. The Morgan fingerprint density at radius 2 is 0.544 bits per heavy atom. The summed E-state index contributed by atoms with van der Waals surface area (Å²) in [6.45, 7) is 4.71. The van der Waals surface area contributed by atoms with Crippen LogP contribution in [0, 0.1) is 11.6 Å². The van der Waals surface area contributed by atoms with E-state index < -0.39 is 0 Å². The van der Waals surface area contributed by atoms with Gasteiger partial charge in [-0.15, -0.1) is 0 Å². The Morgan fingerprint density at radius 3 is 0.825 bits per heavy atom. The van der Waals surface area contributed by atoms with Crippen molar-refractivity contribution < 1.29 is 8.78 Å². The van der Waals surface area contributed by atoms with Crippen LogP contribution in [-0.2, 0) is 5.41 Å². The van der Waals surface area contributed by atoms with E-state index in [9.17, 15) is 8.78 Å². The van der Waals surface area contributed by atoms with E-state index >= 15 is 0 Å². The molecule has 0 saturated carbocycles. The van der Waals surface area contributed by atoms with Gasteiger partial charge >= 0.3 is 0 Å². The number of hydrogen-bond donors (Lipinski definition) is 0. The molecule has 0 nitrogen and oxygen atoms in total. The normalized spacial score (nSPS) is 13.1. The monoisotopic (exact) mass is 734 g/mol. The van der Waals surface area contributed by atoms with Gasteiger partial charge in [0.25, 0.3) is 0 Å². The van der Waals surface area contributed by atoms with Crippen LogP contribution in [0.1, 0.15) is 25.0 Å². The molecule has 0 radical (unpaired) electrons. The van der Waals surface area contributed by atoms with Gasteiger partial charge in [-0.1, -0.05) is 159 Å². The molecule has 0 aromatic heterocycles. The lowest BCUT2D eigenvalue weighted by molar-refractivity contribution is 0.627. The minimum absolute atomic E-state index is 0.237. The molecule has 1 aliphatic rings. The number of rotatable bonds is 4. The Labute approximate surface area is 330 Å². The zero-order chi connectivity index (χ0) is 38.4. The van der Waals surface area contributed by atoms with Crippen LogP contribution < -0.4 is 0 Å². The average molecular weight is 735 g/mol. The van der Waals surface area contributed by atoms with Gasteiger partial charge < -0.3 is 0 Å². The maximum absolute atomic E-state index is 14.1. The van der Waals surface area contributed by atoms with Crippen molar-refractivity contribution in [3.63, 3.8) is 0 Å². The summed E-state index contributed by atoms with van der Waals surface area (Å²) in [5, 5.41) is 9.29. The number of halogens is 2. The Morgan fingerprint density at radius 1 is 0.298 bits per heavy atom. The largest absolute Gasteiger partial charge is 0.207 e. The average Bonchev–Trinajstić information content (AvgIpc) is 3.47. The van der Waals surface area contributed by atoms with Crippen molar-refractivity contribution in [2.75, 3.05) is 0 Å². The van der Waals surface area contributed by atoms with Crippen molar-refractivity contribution in [1.82, 2.24) is 0 Å². The van der Waals surface area contributed by atoms with E-state index in [0.29, 0.717) is 0 Å². The van der Waals surface area contributed by atoms with Crippen LogP contribution in [0.2, 0.25) is 0 Å². The van der Waals surface area contributed by atoms with Gasteiger partial charge in [-0.25, -0.2) is 8.78 Å². The third-order valence-electron chi connectivity index (χ3n) is 12.4. The van der Waals surface area contributed by atoms with Crippen molar-refractivity contribution in [3.8, 4) is 55.6 Å². The second-order valence-electron chi connectivity index (χ2n) is 15.8. The predicted molar refractivity (Wildman–Crippen MR) is 236 cm³/mol. The summed E-state index contributed by atoms with van der Waals surface area (Å²) in [4.78, 5) is 0. The van der Waals surface area contributed by atoms with E-state index in [1.54, 1.807) is 24.3 Å². The van der Waals surface area contributed by atoms with Crippen molar-refractivity contribution in [2.24, 2.45) is 0 Å². The van der Waals surface area contributed by atoms with Crippen molar-refractivity contribution in [3.05, 3.63) is 205 Å². The highest BCUT2D eigenvalue weighted by Gasteiger charge is 2.36. The van der Waals surface area contributed by atoms with E-state index in [0.717, 1.165) is 43.8 Å². The first kappa shape index (κ1) is 33.4. The molecule has 0 saturated heterocycles. The van der Waals surface area contributed by atoms with E-state index in [4.69, 9.17) is 0 Å². The molecular formula is C55H36F2. The lowest BCUT2D eigenvalue weighted by atomic mass is 9.79. The second-order valence-corrected chi connectivity index (χ2v) is 15.8. The van der Waals surface area contributed by atoms with Gasteiger partial charge in [0.05, 0.1) is 0 Å². The Balaban J connectivity index is 1.09. The molecule has 2 heteroatoms. The summed E-state index contributed by atoms with van der Waals surface area (Å²) in [6.07, 6.45) is 0. The van der Waals surface area contributed by atoms with Crippen LogP contribution in [-0.4, -0.2) is 0 Å². The molecule has 0 N–H and O–H groups in total. The van der Waals surface area contributed by atoms with Gasteiger partial charge in [0, 0.05) is 5.41 Å². The van der Waals surface area contributed by atoms with Gasteiger partial charge in [-0.05, 0) is 146 Å². The lowest BCUT2D eigenvalue weighted by Gasteiger charge is -2.24. The zero-order valence-electron chi connectivity index (χ0n) is 31.6. The Kier molecular flexibility index (Phi) is 7.37. The highest BCUT2D eigenvalue weighted by molar-refractivity contribution is 6.23. The standard InChI is InChI=1S/C55H36F2/c1-55(2)49-31-35(53-45-15-7-3-11-41(45)51(33-19-25-37(56)26-20-33)42-12-4-8-16-46(42)53)23-29-39(49)40-30-24-36(32-50(40)55)54-47-17-9-5-13-43(47)52(34-21-27-38(57)28-22-34)44-14-6-10-18-48(44)54/h3-32H,1-2H3. The zero-order valence-corrected chi connectivity index (χ0v) is 31.6. The molecule has 0 heterocycles. The minimum Gasteiger partial charge on any atom is -0.207 e. The highest BCUT2D eigenvalue weighted by Crippen LogP contribution is 2.53. The molecule has 10 aromatic carbocycles. The molecule has 270 valence electrons. The molecule has 1 aliphatic carbocycles. The van der Waals surface area contributed by atoms with Crippen LogP contribution in [0.3, 0.4) is 0 Å². The summed E-state index contributed by atoms with van der Waals surface area (Å²) in [5.41, 5.74) is 13.9. The molecule has 57 heavy (non-hydrogen) atoms. The SMILES string of the molecule is CC1(C)c2cc(-c3c4ccccc4c(-c4ccc(F)cc4)c4ccccc34)ccc2-c2ccc(-c3c4ccccc4c(-c4ccc(F)cc4)c4ccccc34)cc21. The fourth-order valence-electron chi connectivity index (χ4n) is 9.78. The summed E-state index contributed by atoms with van der Waals surface area (Å²) in [6, 6.07) is 62.3. The maximum Gasteiger partial charge on any atom is 0.123 e. The molecular weight excluding hydrogens is 699 g/mol. The van der Waals surface area contributed by atoms with Crippen molar-refractivity contribution in [1.29, 1.82) is 0 Å². The van der Waals surface area contributed by atoms with Crippen LogP contribution in [0.5, 0.6) is 0 Å².